The Labute approximate surface area is 124 Å². The number of amides is 1. The summed E-state index contributed by atoms with van der Waals surface area (Å²) in [6, 6.07) is 5.08. The monoisotopic (exact) mass is 309 g/mol. The Kier molecular flexibility index (Phi) is 3.73. The molecule has 0 radical (unpaired) electrons. The van der Waals surface area contributed by atoms with Crippen molar-refractivity contribution in [1.29, 1.82) is 0 Å². The molecule has 3 rings (SSSR count). The van der Waals surface area contributed by atoms with E-state index in [1.807, 2.05) is 0 Å². The van der Waals surface area contributed by atoms with E-state index in [9.17, 15) is 13.2 Å². The molecule has 0 spiro atoms. The van der Waals surface area contributed by atoms with Gasteiger partial charge in [-0.05, 0) is 30.2 Å². The highest BCUT2D eigenvalue weighted by atomic mass is 32.2. The highest BCUT2D eigenvalue weighted by Gasteiger charge is 2.29. The van der Waals surface area contributed by atoms with E-state index in [1.54, 1.807) is 23.1 Å². The molecule has 0 aliphatic carbocycles. The van der Waals surface area contributed by atoms with E-state index in [1.165, 1.54) is 11.2 Å². The smallest absolute Gasteiger partial charge is 0.243 e. The van der Waals surface area contributed by atoms with Crippen LogP contribution in [0.1, 0.15) is 12.5 Å². The van der Waals surface area contributed by atoms with Gasteiger partial charge >= 0.3 is 0 Å². The Morgan fingerprint density at radius 1 is 1.19 bits per heavy atom. The molecule has 6 nitrogen and oxygen atoms in total. The zero-order valence-electron chi connectivity index (χ0n) is 12.0. The molecule has 0 unspecified atom stereocenters. The lowest BCUT2D eigenvalue weighted by molar-refractivity contribution is -0.116. The molecule has 0 saturated carbocycles. The second kappa shape index (κ2) is 5.40. The second-order valence-electron chi connectivity index (χ2n) is 5.37. The first-order chi connectivity index (χ1) is 10.00. The maximum Gasteiger partial charge on any atom is 0.243 e. The fourth-order valence-electron chi connectivity index (χ4n) is 2.90. The minimum atomic E-state index is -3.43. The minimum Gasteiger partial charge on any atom is -0.314 e. The van der Waals surface area contributed by atoms with Crippen LogP contribution in [0.15, 0.2) is 23.1 Å². The molecular formula is C14H19N3O3S. The van der Waals surface area contributed by atoms with E-state index >= 15 is 0 Å². The number of fused-ring (bicyclic) bond motifs is 1. The lowest BCUT2D eigenvalue weighted by Crippen LogP contribution is -2.46. The van der Waals surface area contributed by atoms with Crippen molar-refractivity contribution in [2.45, 2.75) is 18.2 Å². The van der Waals surface area contributed by atoms with Crippen molar-refractivity contribution in [3.8, 4) is 0 Å². The molecule has 1 aromatic rings. The summed E-state index contributed by atoms with van der Waals surface area (Å²) in [4.78, 5) is 13.5. The third-order valence-corrected chi connectivity index (χ3v) is 5.93. The summed E-state index contributed by atoms with van der Waals surface area (Å²) in [5, 5.41) is 3.15. The Hall–Kier alpha value is -1.44. The molecule has 21 heavy (non-hydrogen) atoms. The summed E-state index contributed by atoms with van der Waals surface area (Å²) in [6.45, 7) is 4.52. The minimum absolute atomic E-state index is 0.00791. The van der Waals surface area contributed by atoms with E-state index < -0.39 is 10.0 Å². The predicted molar refractivity (Wildman–Crippen MR) is 79.8 cm³/mol. The largest absolute Gasteiger partial charge is 0.314 e. The van der Waals surface area contributed by atoms with Gasteiger partial charge in [0.15, 0.2) is 0 Å². The number of anilines is 1. The molecule has 2 aliphatic heterocycles. The first kappa shape index (κ1) is 14.5. The fraction of sp³-hybridized carbons (Fsp3) is 0.500. The van der Waals surface area contributed by atoms with Crippen molar-refractivity contribution in [1.82, 2.24) is 9.62 Å². The highest BCUT2D eigenvalue weighted by Crippen LogP contribution is 2.31. The zero-order valence-corrected chi connectivity index (χ0v) is 12.8. The topological polar surface area (TPSA) is 69.7 Å². The van der Waals surface area contributed by atoms with Crippen LogP contribution in [0.25, 0.3) is 0 Å². The maximum absolute atomic E-state index is 12.6. The van der Waals surface area contributed by atoms with Crippen LogP contribution in [0.3, 0.4) is 0 Å². The SMILES string of the molecule is CC(=O)N1CCc2cc(S(=O)(=O)N3CCNCC3)ccc21. The summed E-state index contributed by atoms with van der Waals surface area (Å²) >= 11 is 0. The van der Waals surface area contributed by atoms with Gasteiger partial charge in [-0.25, -0.2) is 8.42 Å². The number of hydrogen-bond donors (Lipinski definition) is 1. The highest BCUT2D eigenvalue weighted by molar-refractivity contribution is 7.89. The van der Waals surface area contributed by atoms with Crippen LogP contribution in [0, 0.1) is 0 Å². The van der Waals surface area contributed by atoms with Crippen LogP contribution in [-0.4, -0.2) is 51.4 Å². The third-order valence-electron chi connectivity index (χ3n) is 4.04. The molecule has 114 valence electrons. The second-order valence-corrected chi connectivity index (χ2v) is 7.30. The maximum atomic E-state index is 12.6. The van der Waals surface area contributed by atoms with Crippen molar-refractivity contribution in [3.63, 3.8) is 0 Å². The Morgan fingerprint density at radius 3 is 2.57 bits per heavy atom. The number of piperazine rings is 1. The lowest BCUT2D eigenvalue weighted by Gasteiger charge is -2.26. The van der Waals surface area contributed by atoms with Crippen molar-refractivity contribution in [2.75, 3.05) is 37.6 Å². The standard InChI is InChI=1S/C14H19N3O3S/c1-11(18)17-7-4-12-10-13(2-3-14(12)17)21(19,20)16-8-5-15-6-9-16/h2-3,10,15H,4-9H2,1H3. The van der Waals surface area contributed by atoms with Crippen LogP contribution in [0.2, 0.25) is 0 Å². The normalized spacial score (nSPS) is 19.6. The van der Waals surface area contributed by atoms with E-state index in [4.69, 9.17) is 0 Å². The third kappa shape index (κ3) is 2.56. The summed E-state index contributed by atoms with van der Waals surface area (Å²) in [5.41, 5.74) is 1.77. The first-order valence-corrected chi connectivity index (χ1v) is 8.56. The van der Waals surface area contributed by atoms with Crippen LogP contribution in [0.4, 0.5) is 5.69 Å². The quantitative estimate of drug-likeness (QED) is 0.847. The number of hydrogen-bond acceptors (Lipinski definition) is 4. The van der Waals surface area contributed by atoms with Crippen LogP contribution in [0.5, 0.6) is 0 Å². The molecule has 0 bridgehead atoms. The number of carbonyl (C=O) groups is 1. The molecule has 1 aromatic carbocycles. The summed E-state index contributed by atoms with van der Waals surface area (Å²) in [7, 11) is -3.43. The van der Waals surface area contributed by atoms with Crippen molar-refractivity contribution < 1.29 is 13.2 Å². The number of nitrogens with zero attached hydrogens (tertiary/aromatic N) is 2. The van der Waals surface area contributed by atoms with Crippen LogP contribution < -0.4 is 10.2 Å². The molecular weight excluding hydrogens is 290 g/mol. The average Bonchev–Trinajstić information content (AvgIpc) is 2.91. The fourth-order valence-corrected chi connectivity index (χ4v) is 4.39. The van der Waals surface area contributed by atoms with E-state index in [0.717, 1.165) is 11.3 Å². The van der Waals surface area contributed by atoms with Gasteiger partial charge in [0, 0.05) is 45.3 Å². The van der Waals surface area contributed by atoms with Gasteiger partial charge in [0.25, 0.3) is 0 Å². The molecule has 1 N–H and O–H groups in total. The summed E-state index contributed by atoms with van der Waals surface area (Å²) in [6.07, 6.45) is 0.708. The number of nitrogens with one attached hydrogen (secondary N) is 1. The Bertz CT molecular complexity index is 666. The Morgan fingerprint density at radius 2 is 1.90 bits per heavy atom. The molecule has 1 amide bonds. The van der Waals surface area contributed by atoms with Gasteiger partial charge in [-0.3, -0.25) is 4.79 Å². The number of rotatable bonds is 2. The van der Waals surface area contributed by atoms with E-state index in [2.05, 4.69) is 5.32 Å². The molecule has 7 heteroatoms. The molecule has 0 atom stereocenters. The zero-order chi connectivity index (χ0) is 15.0. The van der Waals surface area contributed by atoms with Gasteiger partial charge in [0.1, 0.15) is 0 Å². The summed E-state index contributed by atoms with van der Waals surface area (Å²) in [5.74, 6) is -0.00791. The number of benzene rings is 1. The Balaban J connectivity index is 1.92. The van der Waals surface area contributed by atoms with Crippen molar-refractivity contribution in [3.05, 3.63) is 23.8 Å². The van der Waals surface area contributed by atoms with Gasteiger partial charge in [0.2, 0.25) is 15.9 Å². The molecule has 0 aromatic heterocycles. The number of carbonyl (C=O) groups excluding carboxylic acids is 1. The van der Waals surface area contributed by atoms with Gasteiger partial charge in [-0.15, -0.1) is 0 Å². The van der Waals surface area contributed by atoms with Crippen molar-refractivity contribution in [2.24, 2.45) is 0 Å². The summed E-state index contributed by atoms with van der Waals surface area (Å²) < 4.78 is 26.8. The van der Waals surface area contributed by atoms with Gasteiger partial charge in [-0.1, -0.05) is 0 Å². The number of sulfonamides is 1. The van der Waals surface area contributed by atoms with E-state index in [0.29, 0.717) is 44.0 Å². The average molecular weight is 309 g/mol. The van der Waals surface area contributed by atoms with Crippen molar-refractivity contribution >= 4 is 21.6 Å². The predicted octanol–water partition coefficient (Wildman–Crippen LogP) is 0.190. The van der Waals surface area contributed by atoms with Gasteiger partial charge in [-0.2, -0.15) is 4.31 Å². The van der Waals surface area contributed by atoms with Gasteiger partial charge in [0.05, 0.1) is 4.90 Å². The first-order valence-electron chi connectivity index (χ1n) is 7.12. The van der Waals surface area contributed by atoms with Crippen LogP contribution in [-0.2, 0) is 21.2 Å². The van der Waals surface area contributed by atoms with Gasteiger partial charge < -0.3 is 10.2 Å². The molecule has 2 heterocycles. The lowest BCUT2D eigenvalue weighted by atomic mass is 10.2. The van der Waals surface area contributed by atoms with E-state index in [-0.39, 0.29) is 5.91 Å². The molecule has 1 fully saturated rings. The molecule has 1 saturated heterocycles. The molecule has 2 aliphatic rings. The van der Waals surface area contributed by atoms with Crippen LogP contribution >= 0.6 is 0 Å².